The van der Waals surface area contributed by atoms with Gasteiger partial charge in [-0.25, -0.2) is 0 Å². The van der Waals surface area contributed by atoms with Gasteiger partial charge in [-0.15, -0.1) is 0 Å². The molecule has 0 unspecified atom stereocenters. The number of nitrogens with one attached hydrogen (secondary N) is 1. The number of amides is 2. The van der Waals surface area contributed by atoms with E-state index in [1.165, 1.54) is 6.42 Å². The molecule has 0 aromatic heterocycles. The number of benzene rings is 1. The molecule has 2 amide bonds. The molecule has 1 aromatic rings. The van der Waals surface area contributed by atoms with Crippen LogP contribution in [-0.4, -0.2) is 29.8 Å². The minimum atomic E-state index is -0.248. The Balaban J connectivity index is 1.88. The van der Waals surface area contributed by atoms with Crippen LogP contribution in [0.25, 0.3) is 0 Å². The lowest BCUT2D eigenvalue weighted by Crippen LogP contribution is -2.37. The average Bonchev–Trinajstić information content (AvgIpc) is 2.44. The summed E-state index contributed by atoms with van der Waals surface area (Å²) in [4.78, 5) is 25.7. The van der Waals surface area contributed by atoms with Gasteiger partial charge in [-0.3, -0.25) is 9.59 Å². The van der Waals surface area contributed by atoms with Crippen LogP contribution in [0.5, 0.6) is 0 Å². The van der Waals surface area contributed by atoms with Crippen LogP contribution in [0.1, 0.15) is 31.2 Å². The lowest BCUT2D eigenvalue weighted by atomic mass is 10.1. The van der Waals surface area contributed by atoms with Gasteiger partial charge in [0.2, 0.25) is 11.8 Å². The zero-order valence-corrected chi connectivity index (χ0v) is 13.2. The number of likely N-dealkylation sites (tertiary alicyclic amines) is 1. The number of nitrogens with zero attached hydrogens (tertiary/aromatic N) is 1. The largest absolute Gasteiger partial charge is 0.342 e. The summed E-state index contributed by atoms with van der Waals surface area (Å²) in [5.41, 5.74) is 1.77. The minimum Gasteiger partial charge on any atom is -0.342 e. The molecular weight excluding hydrogens is 320 g/mol. The maximum Gasteiger partial charge on any atom is 0.233 e. The molecule has 1 N–H and O–H groups in total. The molecule has 1 heterocycles. The van der Waals surface area contributed by atoms with Gasteiger partial charge in [0.1, 0.15) is 6.42 Å². The highest BCUT2D eigenvalue weighted by Gasteiger charge is 2.19. The molecule has 1 aliphatic rings. The van der Waals surface area contributed by atoms with Gasteiger partial charge < -0.3 is 10.2 Å². The van der Waals surface area contributed by atoms with Crippen molar-refractivity contribution in [2.75, 3.05) is 18.4 Å². The van der Waals surface area contributed by atoms with Gasteiger partial charge in [0.25, 0.3) is 0 Å². The van der Waals surface area contributed by atoms with Crippen molar-refractivity contribution in [1.29, 1.82) is 0 Å². The van der Waals surface area contributed by atoms with Crippen LogP contribution >= 0.6 is 15.9 Å². The summed E-state index contributed by atoms with van der Waals surface area (Å²) in [5, 5.41) is 2.77. The predicted molar refractivity (Wildman–Crippen MR) is 82.6 cm³/mol. The Hall–Kier alpha value is -1.36. The normalized spacial score (nSPS) is 15.0. The summed E-state index contributed by atoms with van der Waals surface area (Å²) < 4.78 is 1.000. The summed E-state index contributed by atoms with van der Waals surface area (Å²) in [6.45, 7) is 3.52. The van der Waals surface area contributed by atoms with Gasteiger partial charge in [-0.2, -0.15) is 0 Å². The Kier molecular flexibility index (Phi) is 5.17. The molecule has 1 aromatic carbocycles. The first-order valence-electron chi connectivity index (χ1n) is 6.90. The third kappa shape index (κ3) is 4.07. The third-order valence-electron chi connectivity index (χ3n) is 3.46. The fourth-order valence-corrected chi connectivity index (χ4v) is 2.57. The first-order chi connectivity index (χ1) is 9.56. The van der Waals surface area contributed by atoms with Gasteiger partial charge in [0, 0.05) is 23.2 Å². The average molecular weight is 339 g/mol. The fraction of sp³-hybridized carbons (Fsp3) is 0.467. The topological polar surface area (TPSA) is 49.4 Å². The highest BCUT2D eigenvalue weighted by atomic mass is 79.9. The Morgan fingerprint density at radius 2 is 1.95 bits per heavy atom. The van der Waals surface area contributed by atoms with Gasteiger partial charge in [-0.1, -0.05) is 15.9 Å². The molecule has 0 spiro atoms. The second-order valence-corrected chi connectivity index (χ2v) is 5.98. The summed E-state index contributed by atoms with van der Waals surface area (Å²) in [5.74, 6) is -0.321. The highest BCUT2D eigenvalue weighted by molar-refractivity contribution is 9.10. The molecule has 108 valence electrons. The molecule has 0 bridgehead atoms. The van der Waals surface area contributed by atoms with E-state index in [9.17, 15) is 9.59 Å². The van der Waals surface area contributed by atoms with Crippen LogP contribution < -0.4 is 5.32 Å². The zero-order chi connectivity index (χ0) is 14.5. The van der Waals surface area contributed by atoms with Gasteiger partial charge in [-0.05, 0) is 49.9 Å². The number of hydrogen-bond acceptors (Lipinski definition) is 2. The Morgan fingerprint density at radius 1 is 1.25 bits per heavy atom. The molecule has 1 aliphatic heterocycles. The standard InChI is InChI=1S/C15H19BrN2O2/c1-11-9-12(5-6-13(11)16)17-14(19)10-15(20)18-7-3-2-4-8-18/h5-6,9H,2-4,7-8,10H2,1H3,(H,17,19). The van der Waals surface area contributed by atoms with E-state index in [2.05, 4.69) is 21.2 Å². The quantitative estimate of drug-likeness (QED) is 0.861. The summed E-state index contributed by atoms with van der Waals surface area (Å²) in [6.07, 6.45) is 3.18. The number of halogens is 1. The number of anilines is 1. The van der Waals surface area contributed by atoms with E-state index in [-0.39, 0.29) is 18.2 Å². The highest BCUT2D eigenvalue weighted by Crippen LogP contribution is 2.20. The van der Waals surface area contributed by atoms with Gasteiger partial charge >= 0.3 is 0 Å². The number of piperidine rings is 1. The monoisotopic (exact) mass is 338 g/mol. The van der Waals surface area contributed by atoms with E-state index in [4.69, 9.17) is 0 Å². The summed E-state index contributed by atoms with van der Waals surface area (Å²) in [7, 11) is 0. The third-order valence-corrected chi connectivity index (χ3v) is 4.35. The molecule has 0 aliphatic carbocycles. The first kappa shape index (κ1) is 15.0. The second-order valence-electron chi connectivity index (χ2n) is 5.13. The lowest BCUT2D eigenvalue weighted by Gasteiger charge is -2.26. The number of carbonyl (C=O) groups is 2. The van der Waals surface area contributed by atoms with Crippen LogP contribution in [0, 0.1) is 6.92 Å². The molecular formula is C15H19BrN2O2. The van der Waals surface area contributed by atoms with Crippen LogP contribution in [-0.2, 0) is 9.59 Å². The second kappa shape index (κ2) is 6.88. The zero-order valence-electron chi connectivity index (χ0n) is 11.6. The van der Waals surface area contributed by atoms with E-state index in [0.717, 1.165) is 41.7 Å². The molecule has 2 rings (SSSR count). The smallest absolute Gasteiger partial charge is 0.233 e. The molecule has 5 heteroatoms. The number of rotatable bonds is 3. The molecule has 0 saturated carbocycles. The van der Waals surface area contributed by atoms with E-state index in [1.54, 1.807) is 4.90 Å². The molecule has 1 saturated heterocycles. The van der Waals surface area contributed by atoms with Crippen LogP contribution in [0.2, 0.25) is 0 Å². The molecule has 0 radical (unpaired) electrons. The maximum absolute atomic E-state index is 12.0. The van der Waals surface area contributed by atoms with Crippen molar-refractivity contribution in [2.45, 2.75) is 32.6 Å². The molecule has 4 nitrogen and oxygen atoms in total. The minimum absolute atomic E-state index is 0.0731. The molecule has 1 fully saturated rings. The Labute approximate surface area is 127 Å². The van der Waals surface area contributed by atoms with Crippen molar-refractivity contribution in [3.63, 3.8) is 0 Å². The van der Waals surface area contributed by atoms with Crippen molar-refractivity contribution in [2.24, 2.45) is 0 Å². The maximum atomic E-state index is 12.0. The number of carbonyl (C=O) groups excluding carboxylic acids is 2. The van der Waals surface area contributed by atoms with E-state index < -0.39 is 0 Å². The van der Waals surface area contributed by atoms with Gasteiger partial charge in [0.15, 0.2) is 0 Å². The van der Waals surface area contributed by atoms with E-state index in [1.807, 2.05) is 25.1 Å². The predicted octanol–water partition coefficient (Wildman–Crippen LogP) is 3.10. The van der Waals surface area contributed by atoms with Crippen LogP contribution in [0.4, 0.5) is 5.69 Å². The molecule has 0 atom stereocenters. The van der Waals surface area contributed by atoms with Gasteiger partial charge in [0.05, 0.1) is 0 Å². The number of hydrogen-bond donors (Lipinski definition) is 1. The SMILES string of the molecule is Cc1cc(NC(=O)CC(=O)N2CCCCC2)ccc1Br. The van der Waals surface area contributed by atoms with E-state index in [0.29, 0.717) is 0 Å². The summed E-state index contributed by atoms with van der Waals surface area (Å²) >= 11 is 3.41. The van der Waals surface area contributed by atoms with Crippen molar-refractivity contribution in [1.82, 2.24) is 4.90 Å². The van der Waals surface area contributed by atoms with E-state index >= 15 is 0 Å². The Bertz CT molecular complexity index is 511. The van der Waals surface area contributed by atoms with Crippen molar-refractivity contribution in [3.05, 3.63) is 28.2 Å². The van der Waals surface area contributed by atoms with Crippen LogP contribution in [0.15, 0.2) is 22.7 Å². The summed E-state index contributed by atoms with van der Waals surface area (Å²) in [6, 6.07) is 5.59. The van der Waals surface area contributed by atoms with Crippen molar-refractivity contribution in [3.8, 4) is 0 Å². The Morgan fingerprint density at radius 3 is 2.60 bits per heavy atom. The molecule has 20 heavy (non-hydrogen) atoms. The number of aryl methyl sites for hydroxylation is 1. The van der Waals surface area contributed by atoms with Crippen molar-refractivity contribution < 1.29 is 9.59 Å². The fourth-order valence-electron chi connectivity index (χ4n) is 2.32. The lowest BCUT2D eigenvalue weighted by molar-refractivity contribution is -0.135. The first-order valence-corrected chi connectivity index (χ1v) is 7.69. The van der Waals surface area contributed by atoms with Crippen LogP contribution in [0.3, 0.4) is 0 Å². The van der Waals surface area contributed by atoms with Crippen molar-refractivity contribution >= 4 is 33.4 Å².